The average Bonchev–Trinajstić information content (AvgIpc) is 3.20. The molecular formula is C17H16N4O5S. The molecule has 0 radical (unpaired) electrons. The van der Waals surface area contributed by atoms with Gasteiger partial charge in [-0.2, -0.15) is 8.42 Å². The fourth-order valence-electron chi connectivity index (χ4n) is 2.45. The molecule has 3 rings (SSSR count). The molecule has 27 heavy (non-hydrogen) atoms. The van der Waals surface area contributed by atoms with E-state index >= 15 is 0 Å². The summed E-state index contributed by atoms with van der Waals surface area (Å²) in [5.41, 5.74) is 1.32. The van der Waals surface area contributed by atoms with Gasteiger partial charge in [0.15, 0.2) is 5.76 Å². The van der Waals surface area contributed by atoms with E-state index in [1.54, 1.807) is 0 Å². The van der Waals surface area contributed by atoms with Crippen LogP contribution in [0.4, 0.5) is 11.6 Å². The minimum Gasteiger partial charge on any atom is -0.400 e. The third-order valence-corrected chi connectivity index (χ3v) is 5.05. The third kappa shape index (κ3) is 4.29. The maximum Gasteiger partial charge on any atom is 0.433 e. The van der Waals surface area contributed by atoms with Crippen LogP contribution in [-0.2, 0) is 10.0 Å². The van der Waals surface area contributed by atoms with Crippen LogP contribution in [0.2, 0.25) is 0 Å². The zero-order valence-electron chi connectivity index (χ0n) is 14.5. The Hall–Kier alpha value is -3.27. The molecule has 0 bridgehead atoms. The van der Waals surface area contributed by atoms with E-state index in [9.17, 15) is 18.5 Å². The Morgan fingerprint density at radius 3 is 2.48 bits per heavy atom. The van der Waals surface area contributed by atoms with Gasteiger partial charge < -0.3 is 9.73 Å². The van der Waals surface area contributed by atoms with Crippen LogP contribution in [0.5, 0.6) is 0 Å². The highest BCUT2D eigenvalue weighted by molar-refractivity contribution is 7.90. The lowest BCUT2D eigenvalue weighted by molar-refractivity contribution is -0.402. The molecule has 0 saturated heterocycles. The first-order valence-corrected chi connectivity index (χ1v) is 9.37. The van der Waals surface area contributed by atoms with Crippen LogP contribution in [0.25, 0.3) is 0 Å². The van der Waals surface area contributed by atoms with Gasteiger partial charge in [0.1, 0.15) is 10.8 Å². The highest BCUT2D eigenvalue weighted by Crippen LogP contribution is 2.21. The molecule has 10 heteroatoms. The van der Waals surface area contributed by atoms with Crippen LogP contribution in [0.1, 0.15) is 19.6 Å². The highest BCUT2D eigenvalue weighted by Gasteiger charge is 2.21. The van der Waals surface area contributed by atoms with E-state index in [2.05, 4.69) is 14.7 Å². The van der Waals surface area contributed by atoms with Crippen molar-refractivity contribution >= 4 is 33.6 Å². The number of sulfonamides is 1. The molecule has 0 spiro atoms. The number of aliphatic imine (C=N–C) groups is 1. The van der Waals surface area contributed by atoms with E-state index in [1.165, 1.54) is 42.6 Å². The summed E-state index contributed by atoms with van der Waals surface area (Å²) in [6.45, 7) is 3.70. The van der Waals surface area contributed by atoms with E-state index in [4.69, 9.17) is 4.42 Å². The summed E-state index contributed by atoms with van der Waals surface area (Å²) in [6.07, 6.45) is 3.21. The van der Waals surface area contributed by atoms with E-state index in [0.717, 1.165) is 5.70 Å². The molecule has 1 aliphatic heterocycles. The zero-order valence-corrected chi connectivity index (χ0v) is 15.3. The van der Waals surface area contributed by atoms with Crippen molar-refractivity contribution in [1.82, 2.24) is 5.32 Å². The first-order valence-electron chi connectivity index (χ1n) is 7.93. The fourth-order valence-corrected chi connectivity index (χ4v) is 3.51. The van der Waals surface area contributed by atoms with Gasteiger partial charge in [-0.05, 0) is 37.3 Å². The molecule has 0 amide bonds. The quantitative estimate of drug-likeness (QED) is 0.476. The standard InChI is InChI=1S/C17H16N4O5S/c1-11-9-12(2)19-17(11)20-27(24,25)15-6-3-13(4-7-15)18-10-14-5-8-16(26-14)21(22)23/h3-11H,1-2H3,(H,19,20). The minimum absolute atomic E-state index is 0.0427. The monoisotopic (exact) mass is 388 g/mol. The predicted octanol–water partition coefficient (Wildman–Crippen LogP) is 3.17. The van der Waals surface area contributed by atoms with Gasteiger partial charge in [-0.1, -0.05) is 13.0 Å². The largest absolute Gasteiger partial charge is 0.433 e. The second-order valence-corrected chi connectivity index (χ2v) is 7.50. The smallest absolute Gasteiger partial charge is 0.400 e. The second-order valence-electron chi connectivity index (χ2n) is 5.90. The van der Waals surface area contributed by atoms with Crippen LogP contribution >= 0.6 is 0 Å². The number of rotatable bonds is 5. The second kappa shape index (κ2) is 7.16. The van der Waals surface area contributed by atoms with E-state index in [0.29, 0.717) is 11.5 Å². The van der Waals surface area contributed by atoms with Crippen LogP contribution in [0.3, 0.4) is 0 Å². The molecule has 2 heterocycles. The van der Waals surface area contributed by atoms with Crippen molar-refractivity contribution in [3.63, 3.8) is 0 Å². The molecule has 1 unspecified atom stereocenters. The van der Waals surface area contributed by atoms with Crippen molar-refractivity contribution < 1.29 is 17.8 Å². The molecule has 1 aliphatic rings. The molecule has 1 aromatic heterocycles. The fraction of sp³-hybridized carbons (Fsp3) is 0.176. The Labute approximate surface area is 155 Å². The van der Waals surface area contributed by atoms with Crippen LogP contribution in [0.15, 0.2) is 66.9 Å². The molecule has 9 nitrogen and oxygen atoms in total. The predicted molar refractivity (Wildman–Crippen MR) is 99.7 cm³/mol. The molecule has 0 aliphatic carbocycles. The Bertz CT molecular complexity index is 1060. The van der Waals surface area contributed by atoms with Crippen LogP contribution in [-0.4, -0.2) is 25.4 Å². The molecular weight excluding hydrogens is 372 g/mol. The van der Waals surface area contributed by atoms with E-state index in [-0.39, 0.29) is 22.5 Å². The van der Waals surface area contributed by atoms with Gasteiger partial charge in [0.2, 0.25) is 0 Å². The molecule has 2 aromatic rings. The van der Waals surface area contributed by atoms with E-state index in [1.807, 2.05) is 19.9 Å². The van der Waals surface area contributed by atoms with Gasteiger partial charge in [-0.25, -0.2) is 0 Å². The number of nitro groups is 1. The molecule has 1 N–H and O–H groups in total. The van der Waals surface area contributed by atoms with Gasteiger partial charge in [0, 0.05) is 11.6 Å². The number of allylic oxidation sites excluding steroid dienone is 1. The number of benzene rings is 1. The van der Waals surface area contributed by atoms with Crippen molar-refractivity contribution in [2.24, 2.45) is 15.3 Å². The van der Waals surface area contributed by atoms with Crippen molar-refractivity contribution in [2.75, 3.05) is 0 Å². The number of hydrogen-bond acceptors (Lipinski definition) is 6. The van der Waals surface area contributed by atoms with Gasteiger partial charge >= 0.3 is 5.88 Å². The van der Waals surface area contributed by atoms with Gasteiger partial charge in [0.25, 0.3) is 10.0 Å². The summed E-state index contributed by atoms with van der Waals surface area (Å²) in [6, 6.07) is 8.46. The third-order valence-electron chi connectivity index (χ3n) is 3.74. The Morgan fingerprint density at radius 1 is 1.22 bits per heavy atom. The van der Waals surface area contributed by atoms with Gasteiger partial charge in [0.05, 0.1) is 22.9 Å². The first-order chi connectivity index (χ1) is 12.7. The first kappa shape index (κ1) is 18.5. The topological polar surface area (TPSA) is 127 Å². The maximum atomic E-state index is 12.4. The lowest BCUT2D eigenvalue weighted by Crippen LogP contribution is -2.21. The van der Waals surface area contributed by atoms with Crippen LogP contribution < -0.4 is 5.32 Å². The lowest BCUT2D eigenvalue weighted by atomic mass is 10.2. The number of nitrogens with zero attached hydrogens (tertiary/aromatic N) is 3. The molecule has 0 fully saturated rings. The number of hydrogen-bond donors (Lipinski definition) is 1. The van der Waals surface area contributed by atoms with Crippen molar-refractivity contribution in [2.45, 2.75) is 18.7 Å². The Morgan fingerprint density at radius 2 is 1.93 bits per heavy atom. The van der Waals surface area contributed by atoms with Gasteiger partial charge in [-0.3, -0.25) is 15.1 Å². The molecule has 1 atom stereocenters. The molecule has 140 valence electrons. The van der Waals surface area contributed by atoms with Crippen molar-refractivity contribution in [3.8, 4) is 0 Å². The SMILES string of the molecule is CC1=CC(C)C(=NS(=O)(=O)c2ccc(N=Cc3ccc([N+](=O)[O-])o3)cc2)N1. The summed E-state index contributed by atoms with van der Waals surface area (Å²) in [7, 11) is -3.84. The summed E-state index contributed by atoms with van der Waals surface area (Å²) < 4.78 is 33.7. The Balaban J connectivity index is 1.75. The summed E-state index contributed by atoms with van der Waals surface area (Å²) in [4.78, 5) is 14.1. The van der Waals surface area contributed by atoms with Crippen molar-refractivity contribution in [3.05, 3.63) is 64.0 Å². The maximum absolute atomic E-state index is 12.4. The molecule has 0 saturated carbocycles. The highest BCUT2D eigenvalue weighted by atomic mass is 32.2. The average molecular weight is 388 g/mol. The van der Waals surface area contributed by atoms with Gasteiger partial charge in [-0.15, -0.1) is 4.40 Å². The zero-order chi connectivity index (χ0) is 19.6. The van der Waals surface area contributed by atoms with Crippen LogP contribution in [0, 0.1) is 16.0 Å². The molecule has 1 aromatic carbocycles. The summed E-state index contributed by atoms with van der Waals surface area (Å²) in [5, 5.41) is 13.5. The van der Waals surface area contributed by atoms with E-state index < -0.39 is 14.9 Å². The number of furan rings is 1. The Kier molecular flexibility index (Phi) is 4.91. The van der Waals surface area contributed by atoms with Crippen molar-refractivity contribution in [1.29, 1.82) is 0 Å². The minimum atomic E-state index is -3.84. The number of amidine groups is 1. The number of nitrogens with one attached hydrogen (secondary N) is 1. The summed E-state index contributed by atoms with van der Waals surface area (Å²) in [5.74, 6) is 0.125. The summed E-state index contributed by atoms with van der Waals surface area (Å²) >= 11 is 0. The normalized spacial score (nSPS) is 18.7. The lowest BCUT2D eigenvalue weighted by Gasteiger charge is -2.05.